The molecule has 2 saturated carbocycles. The summed E-state index contributed by atoms with van der Waals surface area (Å²) in [7, 11) is 0. The molecule has 2 aliphatic rings. The third-order valence-corrected chi connectivity index (χ3v) is 5.35. The fraction of sp³-hybridized carbons (Fsp3) is 1.00. The van der Waals surface area contributed by atoms with Gasteiger partial charge in [-0.3, -0.25) is 0 Å². The highest BCUT2D eigenvalue weighted by atomic mass is 14.8. The second-order valence-electron chi connectivity index (χ2n) is 7.00. The number of hydrogen-bond donors (Lipinski definition) is 1. The smallest absolute Gasteiger partial charge is 0.00379 e. The van der Waals surface area contributed by atoms with E-state index in [4.69, 9.17) is 5.73 Å². The highest BCUT2D eigenvalue weighted by Gasteiger charge is 2.74. The van der Waals surface area contributed by atoms with Crippen LogP contribution in [0.5, 0.6) is 0 Å². The third kappa shape index (κ3) is 0.997. The Labute approximate surface area is 88.4 Å². The predicted octanol–water partition coefficient (Wildman–Crippen LogP) is 3.04. The van der Waals surface area contributed by atoms with Crippen LogP contribution in [-0.4, -0.2) is 6.54 Å². The van der Waals surface area contributed by atoms with Crippen molar-refractivity contribution in [3.63, 3.8) is 0 Å². The molecular formula is C13H25N. The van der Waals surface area contributed by atoms with Crippen LogP contribution in [0, 0.1) is 28.1 Å². The summed E-state index contributed by atoms with van der Waals surface area (Å²) in [6, 6.07) is 0. The van der Waals surface area contributed by atoms with Crippen molar-refractivity contribution in [1.82, 2.24) is 0 Å². The molecule has 0 aromatic rings. The van der Waals surface area contributed by atoms with Crippen LogP contribution >= 0.6 is 0 Å². The maximum absolute atomic E-state index is 5.91. The van der Waals surface area contributed by atoms with Gasteiger partial charge in [-0.05, 0) is 47.5 Å². The van der Waals surface area contributed by atoms with Crippen LogP contribution in [0.1, 0.15) is 47.5 Å². The lowest BCUT2D eigenvalue weighted by molar-refractivity contribution is 0.287. The molecule has 1 heteroatoms. The van der Waals surface area contributed by atoms with Crippen molar-refractivity contribution in [2.45, 2.75) is 47.5 Å². The highest BCUT2D eigenvalue weighted by Crippen LogP contribution is 2.79. The molecule has 2 rings (SSSR count). The van der Waals surface area contributed by atoms with Gasteiger partial charge in [-0.25, -0.2) is 0 Å². The molecular weight excluding hydrogens is 170 g/mol. The van der Waals surface area contributed by atoms with Gasteiger partial charge in [-0.1, -0.05) is 34.6 Å². The minimum absolute atomic E-state index is 0.495. The van der Waals surface area contributed by atoms with E-state index in [1.54, 1.807) is 0 Å². The van der Waals surface area contributed by atoms with Gasteiger partial charge in [0.1, 0.15) is 0 Å². The van der Waals surface area contributed by atoms with E-state index in [1.165, 1.54) is 12.8 Å². The summed E-state index contributed by atoms with van der Waals surface area (Å²) < 4.78 is 0. The minimum atomic E-state index is 0.495. The number of rotatable bonds is 1. The number of nitrogens with two attached hydrogens (primary N) is 1. The Morgan fingerprint density at radius 2 is 1.79 bits per heavy atom. The standard InChI is InChI=1S/C13H25N/c1-9-6-11(2,3)8-13(9)10(7-14)12(13,4)5/h9-10H,6-8,14H2,1-5H3. The van der Waals surface area contributed by atoms with Crippen molar-refractivity contribution >= 4 is 0 Å². The SMILES string of the molecule is CC1CC(C)(C)CC12C(CN)C2(C)C. The molecule has 1 nitrogen and oxygen atoms in total. The van der Waals surface area contributed by atoms with Crippen LogP contribution in [0.4, 0.5) is 0 Å². The van der Waals surface area contributed by atoms with Crippen LogP contribution in [0.15, 0.2) is 0 Å². The Morgan fingerprint density at radius 3 is 2.07 bits per heavy atom. The maximum Gasteiger partial charge on any atom is -0.00379 e. The molecule has 0 saturated heterocycles. The van der Waals surface area contributed by atoms with Gasteiger partial charge in [0.05, 0.1) is 0 Å². The Hall–Kier alpha value is -0.0400. The first-order valence-corrected chi connectivity index (χ1v) is 5.98. The van der Waals surface area contributed by atoms with E-state index in [1.807, 2.05) is 0 Å². The van der Waals surface area contributed by atoms with Gasteiger partial charge in [-0.15, -0.1) is 0 Å². The zero-order valence-electron chi connectivity index (χ0n) is 10.4. The van der Waals surface area contributed by atoms with Crippen molar-refractivity contribution in [2.24, 2.45) is 33.8 Å². The molecule has 1 spiro atoms. The van der Waals surface area contributed by atoms with Crippen molar-refractivity contribution in [2.75, 3.05) is 6.54 Å². The van der Waals surface area contributed by atoms with E-state index in [9.17, 15) is 0 Å². The van der Waals surface area contributed by atoms with E-state index in [2.05, 4.69) is 34.6 Å². The molecule has 0 bridgehead atoms. The lowest BCUT2D eigenvalue weighted by atomic mass is 9.84. The predicted molar refractivity (Wildman–Crippen MR) is 60.9 cm³/mol. The molecule has 2 aliphatic carbocycles. The second kappa shape index (κ2) is 2.55. The Bertz CT molecular complexity index is 254. The molecule has 2 fully saturated rings. The lowest BCUT2D eigenvalue weighted by Gasteiger charge is -2.20. The molecule has 0 radical (unpaired) electrons. The zero-order chi connectivity index (χ0) is 10.8. The van der Waals surface area contributed by atoms with E-state index in [0.29, 0.717) is 16.2 Å². The van der Waals surface area contributed by atoms with E-state index in [-0.39, 0.29) is 0 Å². The summed E-state index contributed by atoms with van der Waals surface area (Å²) in [5.74, 6) is 1.63. The van der Waals surface area contributed by atoms with Crippen molar-refractivity contribution in [3.05, 3.63) is 0 Å². The number of hydrogen-bond acceptors (Lipinski definition) is 1. The minimum Gasteiger partial charge on any atom is -0.330 e. The molecule has 3 atom stereocenters. The van der Waals surface area contributed by atoms with Gasteiger partial charge >= 0.3 is 0 Å². The van der Waals surface area contributed by atoms with Crippen LogP contribution in [0.2, 0.25) is 0 Å². The Balaban J connectivity index is 2.28. The molecule has 14 heavy (non-hydrogen) atoms. The van der Waals surface area contributed by atoms with Crippen molar-refractivity contribution < 1.29 is 0 Å². The van der Waals surface area contributed by atoms with Gasteiger partial charge in [0.15, 0.2) is 0 Å². The first-order chi connectivity index (χ1) is 6.28. The first kappa shape index (κ1) is 10.5. The summed E-state index contributed by atoms with van der Waals surface area (Å²) in [6.07, 6.45) is 2.77. The van der Waals surface area contributed by atoms with Gasteiger partial charge in [-0.2, -0.15) is 0 Å². The van der Waals surface area contributed by atoms with Gasteiger partial charge < -0.3 is 5.73 Å². The van der Waals surface area contributed by atoms with Crippen molar-refractivity contribution in [1.29, 1.82) is 0 Å². The molecule has 0 heterocycles. The highest BCUT2D eigenvalue weighted by molar-refractivity contribution is 5.23. The third-order valence-electron chi connectivity index (χ3n) is 5.35. The van der Waals surface area contributed by atoms with Gasteiger partial charge in [0.2, 0.25) is 0 Å². The Morgan fingerprint density at radius 1 is 1.21 bits per heavy atom. The molecule has 3 unspecified atom stereocenters. The average molecular weight is 195 g/mol. The van der Waals surface area contributed by atoms with Gasteiger partial charge in [0.25, 0.3) is 0 Å². The Kier molecular flexibility index (Phi) is 1.91. The van der Waals surface area contributed by atoms with Gasteiger partial charge in [0, 0.05) is 0 Å². The fourth-order valence-corrected chi connectivity index (χ4v) is 4.89. The monoisotopic (exact) mass is 195 g/mol. The van der Waals surface area contributed by atoms with Crippen LogP contribution in [0.3, 0.4) is 0 Å². The molecule has 0 aromatic carbocycles. The van der Waals surface area contributed by atoms with Crippen molar-refractivity contribution in [3.8, 4) is 0 Å². The average Bonchev–Trinajstić information content (AvgIpc) is 2.32. The molecule has 0 aromatic heterocycles. The van der Waals surface area contributed by atoms with E-state index in [0.717, 1.165) is 18.4 Å². The summed E-state index contributed by atoms with van der Waals surface area (Å²) >= 11 is 0. The zero-order valence-corrected chi connectivity index (χ0v) is 10.4. The summed E-state index contributed by atoms with van der Waals surface area (Å²) in [5, 5.41) is 0. The molecule has 2 N–H and O–H groups in total. The molecule has 0 aliphatic heterocycles. The summed E-state index contributed by atoms with van der Waals surface area (Å²) in [6.45, 7) is 13.0. The lowest BCUT2D eigenvalue weighted by Crippen LogP contribution is -2.15. The first-order valence-electron chi connectivity index (χ1n) is 5.98. The topological polar surface area (TPSA) is 26.0 Å². The normalized spacial score (nSPS) is 48.4. The second-order valence-corrected chi connectivity index (χ2v) is 7.00. The largest absolute Gasteiger partial charge is 0.330 e. The van der Waals surface area contributed by atoms with Crippen LogP contribution < -0.4 is 5.73 Å². The fourth-order valence-electron chi connectivity index (χ4n) is 4.89. The molecule has 82 valence electrons. The molecule has 0 amide bonds. The van der Waals surface area contributed by atoms with Crippen LogP contribution in [0.25, 0.3) is 0 Å². The van der Waals surface area contributed by atoms with E-state index < -0.39 is 0 Å². The quantitative estimate of drug-likeness (QED) is 0.684. The van der Waals surface area contributed by atoms with Crippen LogP contribution in [-0.2, 0) is 0 Å². The summed E-state index contributed by atoms with van der Waals surface area (Å²) in [4.78, 5) is 0. The maximum atomic E-state index is 5.91. The summed E-state index contributed by atoms with van der Waals surface area (Å²) in [5.41, 5.74) is 7.53. The van der Waals surface area contributed by atoms with E-state index >= 15 is 0 Å².